The average molecular weight is 237 g/mol. The molecule has 0 N–H and O–H groups in total. The molecule has 1 aromatic heterocycles. The van der Waals surface area contributed by atoms with Gasteiger partial charge in [-0.15, -0.1) is 0 Å². The second-order valence-corrected chi connectivity index (χ2v) is 5.15. The van der Waals surface area contributed by atoms with Gasteiger partial charge in [-0.1, -0.05) is 25.4 Å². The lowest BCUT2D eigenvalue weighted by Crippen LogP contribution is -1.92. The monoisotopic (exact) mass is 236 g/mol. The van der Waals surface area contributed by atoms with Gasteiger partial charge in [-0.05, 0) is 37.8 Å². The van der Waals surface area contributed by atoms with Crippen LogP contribution in [0.1, 0.15) is 31.6 Å². The summed E-state index contributed by atoms with van der Waals surface area (Å²) < 4.78 is 5.73. The van der Waals surface area contributed by atoms with Crippen LogP contribution in [0.15, 0.2) is 22.6 Å². The first-order chi connectivity index (χ1) is 7.58. The molecule has 0 spiro atoms. The van der Waals surface area contributed by atoms with Gasteiger partial charge in [0.05, 0.1) is 0 Å². The van der Waals surface area contributed by atoms with E-state index in [1.54, 1.807) is 0 Å². The molecule has 1 aromatic carbocycles. The Hall–Kier alpha value is -0.950. The molecule has 0 aliphatic carbocycles. The van der Waals surface area contributed by atoms with Gasteiger partial charge in [0.15, 0.2) is 0 Å². The molecule has 1 heterocycles. The van der Waals surface area contributed by atoms with Crippen LogP contribution in [0.25, 0.3) is 11.0 Å². The second-order valence-electron chi connectivity index (χ2n) is 4.71. The van der Waals surface area contributed by atoms with Crippen LogP contribution in [0.5, 0.6) is 0 Å². The number of fused-ring (bicyclic) bond motifs is 1. The van der Waals surface area contributed by atoms with E-state index in [-0.39, 0.29) is 0 Å². The van der Waals surface area contributed by atoms with Crippen molar-refractivity contribution in [2.75, 3.05) is 0 Å². The molecule has 0 unspecified atom stereocenters. The van der Waals surface area contributed by atoms with Crippen molar-refractivity contribution in [3.05, 3.63) is 34.5 Å². The molecule has 1 nitrogen and oxygen atoms in total. The van der Waals surface area contributed by atoms with Crippen molar-refractivity contribution in [1.29, 1.82) is 0 Å². The average Bonchev–Trinajstić information content (AvgIpc) is 2.50. The maximum Gasteiger partial charge on any atom is 0.136 e. The van der Waals surface area contributed by atoms with Gasteiger partial charge < -0.3 is 4.42 Å². The quantitative estimate of drug-likeness (QED) is 0.732. The minimum absolute atomic E-state index is 0.719. The van der Waals surface area contributed by atoms with E-state index >= 15 is 0 Å². The van der Waals surface area contributed by atoms with E-state index in [1.165, 1.54) is 17.4 Å². The Balaban J connectivity index is 2.40. The van der Waals surface area contributed by atoms with Gasteiger partial charge in [-0.3, -0.25) is 0 Å². The molecule has 2 aromatic rings. The van der Waals surface area contributed by atoms with E-state index in [0.29, 0.717) is 0 Å². The number of rotatable bonds is 3. The molecule has 16 heavy (non-hydrogen) atoms. The number of hydrogen-bond donors (Lipinski definition) is 0. The van der Waals surface area contributed by atoms with Gasteiger partial charge in [-0.2, -0.15) is 0 Å². The molecule has 86 valence electrons. The second kappa shape index (κ2) is 4.50. The molecule has 0 bridgehead atoms. The Morgan fingerprint density at radius 3 is 2.75 bits per heavy atom. The van der Waals surface area contributed by atoms with Gasteiger partial charge in [0.25, 0.3) is 0 Å². The van der Waals surface area contributed by atoms with Crippen LogP contribution in [-0.4, -0.2) is 0 Å². The zero-order valence-electron chi connectivity index (χ0n) is 10.0. The van der Waals surface area contributed by atoms with Gasteiger partial charge in [0, 0.05) is 22.0 Å². The summed E-state index contributed by atoms with van der Waals surface area (Å²) in [5, 5.41) is 1.94. The van der Waals surface area contributed by atoms with Crippen LogP contribution < -0.4 is 0 Å². The lowest BCUT2D eigenvalue weighted by molar-refractivity contribution is 0.553. The molecule has 0 saturated heterocycles. The van der Waals surface area contributed by atoms with Gasteiger partial charge in [0.1, 0.15) is 11.3 Å². The van der Waals surface area contributed by atoms with E-state index < -0.39 is 0 Å². The van der Waals surface area contributed by atoms with Crippen LogP contribution in [0.3, 0.4) is 0 Å². The summed E-state index contributed by atoms with van der Waals surface area (Å²) in [7, 11) is 0. The third kappa shape index (κ3) is 2.25. The number of furan rings is 1. The van der Waals surface area contributed by atoms with E-state index in [4.69, 9.17) is 16.0 Å². The highest BCUT2D eigenvalue weighted by atomic mass is 35.5. The van der Waals surface area contributed by atoms with Crippen molar-refractivity contribution >= 4 is 22.6 Å². The van der Waals surface area contributed by atoms with Crippen molar-refractivity contribution in [3.63, 3.8) is 0 Å². The molecule has 0 amide bonds. The summed E-state index contributed by atoms with van der Waals surface area (Å²) in [5.74, 6) is 1.74. The van der Waals surface area contributed by atoms with Crippen LogP contribution in [0.4, 0.5) is 0 Å². The largest absolute Gasteiger partial charge is 0.461 e. The maximum atomic E-state index is 5.95. The topological polar surface area (TPSA) is 13.1 Å². The normalized spacial score (nSPS) is 11.6. The van der Waals surface area contributed by atoms with Gasteiger partial charge in [0.2, 0.25) is 0 Å². The molecule has 0 aliphatic heterocycles. The fourth-order valence-electron chi connectivity index (χ4n) is 1.99. The Morgan fingerprint density at radius 1 is 1.31 bits per heavy atom. The SMILES string of the molecule is Cc1oc2cc(Cl)ccc2c1CCC(C)C. The van der Waals surface area contributed by atoms with Crippen molar-refractivity contribution in [2.45, 2.75) is 33.6 Å². The van der Waals surface area contributed by atoms with E-state index in [0.717, 1.165) is 28.7 Å². The zero-order chi connectivity index (χ0) is 11.7. The van der Waals surface area contributed by atoms with Crippen molar-refractivity contribution in [3.8, 4) is 0 Å². The molecule has 0 atom stereocenters. The number of halogens is 1. The van der Waals surface area contributed by atoms with Crippen molar-refractivity contribution < 1.29 is 4.42 Å². The number of hydrogen-bond acceptors (Lipinski definition) is 1. The zero-order valence-corrected chi connectivity index (χ0v) is 10.8. The number of benzene rings is 1. The van der Waals surface area contributed by atoms with E-state index in [9.17, 15) is 0 Å². The van der Waals surface area contributed by atoms with E-state index in [2.05, 4.69) is 19.9 Å². The summed E-state index contributed by atoms with van der Waals surface area (Å²) in [6, 6.07) is 5.88. The summed E-state index contributed by atoms with van der Waals surface area (Å²) in [5.41, 5.74) is 2.24. The highest BCUT2D eigenvalue weighted by Crippen LogP contribution is 2.29. The summed E-state index contributed by atoms with van der Waals surface area (Å²) in [6.45, 7) is 6.52. The lowest BCUT2D eigenvalue weighted by Gasteiger charge is -2.03. The molecule has 0 fully saturated rings. The molecule has 2 heteroatoms. The molecular formula is C14H17ClO. The van der Waals surface area contributed by atoms with Gasteiger partial charge >= 0.3 is 0 Å². The Labute approximate surface area is 101 Å². The Bertz CT molecular complexity index is 497. The first-order valence-corrected chi connectivity index (χ1v) is 6.13. The minimum Gasteiger partial charge on any atom is -0.461 e. The van der Waals surface area contributed by atoms with Crippen LogP contribution in [0.2, 0.25) is 5.02 Å². The smallest absolute Gasteiger partial charge is 0.136 e. The minimum atomic E-state index is 0.719. The van der Waals surface area contributed by atoms with Crippen LogP contribution in [0, 0.1) is 12.8 Å². The first-order valence-electron chi connectivity index (χ1n) is 5.75. The fourth-order valence-corrected chi connectivity index (χ4v) is 2.15. The number of aryl methyl sites for hydroxylation is 2. The highest BCUT2D eigenvalue weighted by Gasteiger charge is 2.11. The summed E-state index contributed by atoms with van der Waals surface area (Å²) in [4.78, 5) is 0. The molecule has 0 saturated carbocycles. The highest BCUT2D eigenvalue weighted by molar-refractivity contribution is 6.31. The van der Waals surface area contributed by atoms with Crippen LogP contribution >= 0.6 is 11.6 Å². The van der Waals surface area contributed by atoms with Crippen molar-refractivity contribution in [2.24, 2.45) is 5.92 Å². The third-order valence-electron chi connectivity index (χ3n) is 2.93. The standard InChI is InChI=1S/C14H17ClO/c1-9(2)4-6-12-10(3)16-14-8-11(15)5-7-13(12)14/h5,7-9H,4,6H2,1-3H3. The van der Waals surface area contributed by atoms with Crippen molar-refractivity contribution in [1.82, 2.24) is 0 Å². The summed E-state index contributed by atoms with van der Waals surface area (Å²) >= 11 is 5.95. The fraction of sp³-hybridized carbons (Fsp3) is 0.429. The summed E-state index contributed by atoms with van der Waals surface area (Å²) in [6.07, 6.45) is 2.27. The predicted octanol–water partition coefficient (Wildman–Crippen LogP) is 4.98. The maximum absolute atomic E-state index is 5.95. The van der Waals surface area contributed by atoms with Gasteiger partial charge in [-0.25, -0.2) is 0 Å². The predicted molar refractivity (Wildman–Crippen MR) is 69.1 cm³/mol. The lowest BCUT2D eigenvalue weighted by atomic mass is 10.0. The Morgan fingerprint density at radius 2 is 2.06 bits per heavy atom. The Kier molecular flexibility index (Phi) is 3.25. The molecule has 0 aliphatic rings. The molecule has 0 radical (unpaired) electrons. The molecule has 2 rings (SSSR count). The van der Waals surface area contributed by atoms with E-state index in [1.807, 2.05) is 19.1 Å². The van der Waals surface area contributed by atoms with Crippen LogP contribution in [-0.2, 0) is 6.42 Å². The third-order valence-corrected chi connectivity index (χ3v) is 3.16. The molecular weight excluding hydrogens is 220 g/mol. The first kappa shape index (κ1) is 11.5.